The first-order valence-electron chi connectivity index (χ1n) is 25.9. The first-order chi connectivity index (χ1) is 37.5. The van der Waals surface area contributed by atoms with Crippen LogP contribution in [-0.2, 0) is 94.2 Å². The molecule has 0 saturated carbocycles. The van der Waals surface area contributed by atoms with Gasteiger partial charge in [-0.3, -0.25) is 27.8 Å². The van der Waals surface area contributed by atoms with E-state index in [1.807, 2.05) is 25.3 Å². The molecule has 1 fully saturated rings. The Hall–Kier alpha value is -5.08. The van der Waals surface area contributed by atoms with Gasteiger partial charge in [0.1, 0.15) is 16.4 Å². The summed E-state index contributed by atoms with van der Waals surface area (Å²) >= 11 is 0. The Morgan fingerprint density at radius 1 is 0.625 bits per heavy atom. The third-order valence-electron chi connectivity index (χ3n) is 15.0. The zero-order valence-corrected chi connectivity index (χ0v) is 48.3. The number of methoxy groups -OCH3 is 2. The molecule has 0 spiro atoms. The molecule has 3 heterocycles. The van der Waals surface area contributed by atoms with Crippen LogP contribution in [0.3, 0.4) is 0 Å². The number of unbranched alkanes of at least 4 members (excludes halogenated alkanes) is 2. The second-order valence-corrected chi connectivity index (χ2v) is 26.2. The molecule has 0 radical (unpaired) electrons. The summed E-state index contributed by atoms with van der Waals surface area (Å²) in [5.74, 6) is -1.96. The SMILES string of the molecule is COCCOCCOCCOCCC1(C)C(CCCC2N(CCCCCC(=O)ON3C(=O)CCC3=O)c3ccc4c(S(=O)(=O)O)cc(S(=O)(=O)O)cc4c3C2(C)C)=[N+](CCOC)c2ccc3c(S(=O)(=O)O)cc(S(=O)(=O)O)cc3c21. The number of hydroxylamine groups is 2. The van der Waals surface area contributed by atoms with Gasteiger partial charge in [-0.25, -0.2) is 4.79 Å². The molecule has 80 heavy (non-hydrogen) atoms. The van der Waals surface area contributed by atoms with Crippen LogP contribution in [-0.4, -0.2) is 171 Å². The maximum Gasteiger partial charge on any atom is 0.333 e. The zero-order chi connectivity index (χ0) is 58.6. The molecule has 0 aromatic heterocycles. The van der Waals surface area contributed by atoms with Crippen LogP contribution in [0.25, 0.3) is 21.5 Å². The van der Waals surface area contributed by atoms with Gasteiger partial charge in [-0.05, 0) is 91.8 Å². The smallest absolute Gasteiger partial charge is 0.333 e. The minimum Gasteiger partial charge on any atom is -0.382 e. The molecule has 4 N–H and O–H groups in total. The van der Waals surface area contributed by atoms with Gasteiger partial charge < -0.3 is 33.4 Å². The van der Waals surface area contributed by atoms with Gasteiger partial charge >= 0.3 is 5.97 Å². The summed E-state index contributed by atoms with van der Waals surface area (Å²) in [6.07, 6.45) is 2.48. The molecule has 0 aliphatic carbocycles. The van der Waals surface area contributed by atoms with Crippen molar-refractivity contribution in [2.45, 2.75) is 121 Å². The second kappa shape index (κ2) is 25.2. The van der Waals surface area contributed by atoms with Crippen molar-refractivity contribution >= 4 is 96.9 Å². The van der Waals surface area contributed by atoms with E-state index in [2.05, 4.69) is 4.90 Å². The number of nitrogens with zero attached hydrogens (tertiary/aromatic N) is 3. The summed E-state index contributed by atoms with van der Waals surface area (Å²) in [4.78, 5) is 41.0. The number of amides is 2. The predicted molar refractivity (Wildman–Crippen MR) is 289 cm³/mol. The van der Waals surface area contributed by atoms with E-state index >= 15 is 0 Å². The average molecular weight is 1200 g/mol. The molecule has 3 aliphatic rings. The molecular weight excluding hydrogens is 1130 g/mol. The quantitative estimate of drug-likeness (QED) is 0.0214. The summed E-state index contributed by atoms with van der Waals surface area (Å²) in [6, 6.07) is 9.60. The van der Waals surface area contributed by atoms with Crippen molar-refractivity contribution < 1.29 is 99.4 Å². The van der Waals surface area contributed by atoms with Crippen LogP contribution < -0.4 is 4.90 Å². The number of benzene rings is 4. The number of carbonyl (C=O) groups is 3. The largest absolute Gasteiger partial charge is 0.382 e. The molecule has 4 aromatic rings. The molecule has 2 atom stereocenters. The number of hydrogen-bond acceptors (Lipinski definition) is 18. The molecular formula is C52H68N3O21S4+. The Morgan fingerprint density at radius 2 is 1.15 bits per heavy atom. The molecule has 3 aliphatic heterocycles. The van der Waals surface area contributed by atoms with Crippen LogP contribution in [0.5, 0.6) is 0 Å². The number of hydrogen-bond donors (Lipinski definition) is 4. The van der Waals surface area contributed by atoms with Crippen molar-refractivity contribution in [3.05, 3.63) is 59.7 Å². The van der Waals surface area contributed by atoms with Crippen LogP contribution in [0.15, 0.2) is 68.1 Å². The highest BCUT2D eigenvalue weighted by Crippen LogP contribution is 2.53. The van der Waals surface area contributed by atoms with Crippen molar-refractivity contribution in [3.63, 3.8) is 0 Å². The molecule has 2 unspecified atom stereocenters. The number of imide groups is 1. The van der Waals surface area contributed by atoms with E-state index in [9.17, 15) is 66.3 Å². The van der Waals surface area contributed by atoms with Crippen molar-refractivity contribution in [1.29, 1.82) is 0 Å². The van der Waals surface area contributed by atoms with E-state index in [-0.39, 0.29) is 80.2 Å². The van der Waals surface area contributed by atoms with E-state index in [4.69, 9.17) is 28.5 Å². The molecule has 4 aromatic carbocycles. The fraction of sp³-hybridized carbons (Fsp3) is 0.538. The summed E-state index contributed by atoms with van der Waals surface area (Å²) in [7, 11) is -17.1. The maximum atomic E-state index is 12.9. The van der Waals surface area contributed by atoms with Gasteiger partial charge in [0.2, 0.25) is 5.69 Å². The lowest BCUT2D eigenvalue weighted by Gasteiger charge is -2.35. The van der Waals surface area contributed by atoms with E-state index in [1.165, 1.54) is 31.4 Å². The lowest BCUT2D eigenvalue weighted by atomic mass is 9.73. The minimum atomic E-state index is -5.07. The topological polar surface area (TPSA) is 334 Å². The molecule has 7 rings (SSSR count). The normalized spacial score (nSPS) is 18.5. The number of ether oxygens (including phenoxy) is 5. The first kappa shape index (κ1) is 62.5. The highest BCUT2D eigenvalue weighted by Gasteiger charge is 2.51. The van der Waals surface area contributed by atoms with E-state index in [0.717, 1.165) is 5.71 Å². The van der Waals surface area contributed by atoms with Gasteiger partial charge in [0.05, 0.1) is 54.8 Å². The molecule has 1 saturated heterocycles. The second-order valence-electron chi connectivity index (χ2n) is 20.5. The standard InChI is InChI=1S/C52H67N3O21S4/c1-51(2)44(53(20-8-6-7-12-48(58)76-55-46(56)17-18-47(55)57)40-15-13-36-38(49(40)51)30-34(77(59,60)61)32-42(36)79(65,66)67)10-9-11-45-52(3,19-22-73-26-27-75-29-28-74-25-24-72-5)50-39-31-35(78(62,63)64)33-43(80(68,69)70)37(39)14-16-41(50)54(45)21-23-71-4/h13-16,30-33,44H,6-12,17-29H2,1-5H3,(H3-,59,60,61,62,63,64,65,66,67,68,69,70)/p+1. The van der Waals surface area contributed by atoms with Gasteiger partial charge in [0.15, 0.2) is 12.3 Å². The van der Waals surface area contributed by atoms with Gasteiger partial charge in [-0.2, -0.15) is 38.2 Å². The Balaban J connectivity index is 1.25. The highest BCUT2D eigenvalue weighted by molar-refractivity contribution is 7.87. The number of anilines is 1. The van der Waals surface area contributed by atoms with Crippen molar-refractivity contribution in [3.8, 4) is 0 Å². The van der Waals surface area contributed by atoms with Crippen LogP contribution in [0.1, 0.15) is 96.1 Å². The molecule has 28 heteroatoms. The fourth-order valence-corrected chi connectivity index (χ4v) is 14.0. The molecule has 0 bridgehead atoms. The minimum absolute atomic E-state index is 0.00353. The van der Waals surface area contributed by atoms with E-state index in [0.29, 0.717) is 111 Å². The summed E-state index contributed by atoms with van der Waals surface area (Å²) in [5, 5.41) is 0.771. The predicted octanol–water partition coefficient (Wildman–Crippen LogP) is 5.57. The van der Waals surface area contributed by atoms with E-state index in [1.54, 1.807) is 19.2 Å². The molecule has 440 valence electrons. The number of fused-ring (bicyclic) bond motifs is 6. The van der Waals surface area contributed by atoms with Crippen molar-refractivity contribution in [2.75, 3.05) is 85.1 Å². The zero-order valence-electron chi connectivity index (χ0n) is 45.0. The van der Waals surface area contributed by atoms with Gasteiger partial charge in [-0.1, -0.05) is 26.3 Å². The highest BCUT2D eigenvalue weighted by atomic mass is 32.2. The van der Waals surface area contributed by atoms with Crippen LogP contribution >= 0.6 is 0 Å². The average Bonchev–Trinajstić information content (AvgIpc) is 3.96. The number of carbonyl (C=O) groups excluding carboxylic acids is 3. The first-order valence-corrected chi connectivity index (χ1v) is 31.6. The third-order valence-corrected chi connectivity index (χ3v) is 18.5. The summed E-state index contributed by atoms with van der Waals surface area (Å²) in [6.45, 7) is 8.60. The molecule has 2 amide bonds. The Labute approximate surface area is 465 Å². The van der Waals surface area contributed by atoms with Crippen molar-refractivity contribution in [2.24, 2.45) is 0 Å². The maximum absolute atomic E-state index is 12.9. The Bertz CT molecular complexity index is 3520. The Kier molecular flexibility index (Phi) is 19.7. The van der Waals surface area contributed by atoms with Gasteiger partial charge in [-0.15, -0.1) is 5.06 Å². The lowest BCUT2D eigenvalue weighted by molar-refractivity contribution is -0.443. The molecule has 24 nitrogen and oxygen atoms in total. The van der Waals surface area contributed by atoms with Crippen molar-refractivity contribution in [1.82, 2.24) is 5.06 Å². The summed E-state index contributed by atoms with van der Waals surface area (Å²) in [5.41, 5.74) is 1.03. The van der Waals surface area contributed by atoms with Crippen LogP contribution in [0.4, 0.5) is 11.4 Å². The van der Waals surface area contributed by atoms with Crippen LogP contribution in [0, 0.1) is 0 Å². The summed E-state index contributed by atoms with van der Waals surface area (Å²) < 4.78 is 174. The van der Waals surface area contributed by atoms with Gasteiger partial charge in [0, 0.05) is 92.6 Å². The Morgan fingerprint density at radius 3 is 1.69 bits per heavy atom. The third kappa shape index (κ3) is 13.7. The van der Waals surface area contributed by atoms with E-state index < -0.39 is 94.7 Å². The van der Waals surface area contributed by atoms with Crippen LogP contribution in [0.2, 0.25) is 0 Å². The van der Waals surface area contributed by atoms with Gasteiger partial charge in [0.25, 0.3) is 52.3 Å². The fourth-order valence-electron chi connectivity index (χ4n) is 11.4. The lowest BCUT2D eigenvalue weighted by Crippen LogP contribution is -2.42. The monoisotopic (exact) mass is 1200 g/mol. The number of rotatable bonds is 30.